The summed E-state index contributed by atoms with van der Waals surface area (Å²) in [6, 6.07) is 5.28. The molecule has 1 fully saturated rings. The highest BCUT2D eigenvalue weighted by atomic mass is 19.1. The van der Waals surface area contributed by atoms with Crippen LogP contribution in [0.15, 0.2) is 18.2 Å². The summed E-state index contributed by atoms with van der Waals surface area (Å²) >= 11 is 0. The van der Waals surface area contributed by atoms with Crippen molar-refractivity contribution in [1.29, 1.82) is 0 Å². The van der Waals surface area contributed by atoms with Crippen LogP contribution in [0.4, 0.5) is 4.39 Å². The molecule has 0 spiro atoms. The molecule has 1 aromatic carbocycles. The van der Waals surface area contributed by atoms with Crippen LogP contribution in [0.3, 0.4) is 0 Å². The minimum absolute atomic E-state index is 0.0360. The zero-order chi connectivity index (χ0) is 10.7. The molecule has 82 valence electrons. The third kappa shape index (κ3) is 2.11. The second-order valence-corrected chi connectivity index (χ2v) is 3.57. The summed E-state index contributed by atoms with van der Waals surface area (Å²) in [6.07, 6.45) is 0. The number of rotatable bonds is 2. The third-order valence-electron chi connectivity index (χ3n) is 2.63. The first kappa shape index (κ1) is 10.4. The van der Waals surface area contributed by atoms with E-state index in [0.29, 0.717) is 11.3 Å². The van der Waals surface area contributed by atoms with E-state index in [2.05, 4.69) is 10.6 Å². The Balaban J connectivity index is 2.26. The molecule has 0 amide bonds. The van der Waals surface area contributed by atoms with Gasteiger partial charge in [-0.05, 0) is 6.07 Å². The number of piperazine rings is 1. The van der Waals surface area contributed by atoms with Crippen LogP contribution in [-0.4, -0.2) is 26.7 Å². The molecule has 1 heterocycles. The molecule has 1 atom stereocenters. The van der Waals surface area contributed by atoms with Gasteiger partial charge in [-0.2, -0.15) is 0 Å². The van der Waals surface area contributed by atoms with Gasteiger partial charge in [0.05, 0.1) is 7.11 Å². The van der Waals surface area contributed by atoms with E-state index in [9.17, 15) is 4.39 Å². The lowest BCUT2D eigenvalue weighted by atomic mass is 10.0. The molecular weight excluding hydrogens is 195 g/mol. The normalized spacial score (nSPS) is 21.3. The van der Waals surface area contributed by atoms with Gasteiger partial charge in [0.15, 0.2) is 11.6 Å². The molecule has 4 heteroatoms. The molecule has 2 N–H and O–H groups in total. The van der Waals surface area contributed by atoms with Gasteiger partial charge < -0.3 is 15.4 Å². The van der Waals surface area contributed by atoms with Gasteiger partial charge in [-0.3, -0.25) is 0 Å². The van der Waals surface area contributed by atoms with E-state index in [1.165, 1.54) is 7.11 Å². The van der Waals surface area contributed by atoms with Gasteiger partial charge in [-0.25, -0.2) is 4.39 Å². The summed E-state index contributed by atoms with van der Waals surface area (Å²) in [5.41, 5.74) is 0.668. The zero-order valence-corrected chi connectivity index (χ0v) is 8.72. The van der Waals surface area contributed by atoms with Crippen molar-refractivity contribution in [2.24, 2.45) is 0 Å². The Bertz CT molecular complexity index is 337. The number of nitrogens with one attached hydrogen (secondary N) is 2. The van der Waals surface area contributed by atoms with Crippen molar-refractivity contribution in [3.63, 3.8) is 0 Å². The number of benzene rings is 1. The SMILES string of the molecule is COc1cccc([C@H]2CNCCN2)c1F. The van der Waals surface area contributed by atoms with Crippen molar-refractivity contribution in [2.75, 3.05) is 26.7 Å². The van der Waals surface area contributed by atoms with E-state index in [1.54, 1.807) is 12.1 Å². The zero-order valence-electron chi connectivity index (χ0n) is 8.72. The number of hydrogen-bond donors (Lipinski definition) is 2. The Labute approximate surface area is 88.6 Å². The van der Waals surface area contributed by atoms with Gasteiger partial charge in [-0.1, -0.05) is 12.1 Å². The van der Waals surface area contributed by atoms with Gasteiger partial charge in [0.1, 0.15) is 0 Å². The van der Waals surface area contributed by atoms with Crippen molar-refractivity contribution in [3.05, 3.63) is 29.6 Å². The number of ether oxygens (including phenoxy) is 1. The molecule has 0 aliphatic carbocycles. The summed E-state index contributed by atoms with van der Waals surface area (Å²) in [5, 5.41) is 6.50. The van der Waals surface area contributed by atoms with Crippen LogP contribution in [0.1, 0.15) is 11.6 Å². The van der Waals surface area contributed by atoms with E-state index in [1.807, 2.05) is 6.07 Å². The van der Waals surface area contributed by atoms with Crippen LogP contribution in [0, 0.1) is 5.82 Å². The first-order valence-corrected chi connectivity index (χ1v) is 5.09. The van der Waals surface area contributed by atoms with Crippen LogP contribution < -0.4 is 15.4 Å². The maximum atomic E-state index is 13.9. The quantitative estimate of drug-likeness (QED) is 0.766. The first-order chi connectivity index (χ1) is 7.33. The molecule has 1 aliphatic rings. The average Bonchev–Trinajstić information content (AvgIpc) is 2.30. The van der Waals surface area contributed by atoms with Gasteiger partial charge in [0, 0.05) is 31.2 Å². The molecule has 0 saturated carbocycles. The van der Waals surface area contributed by atoms with Gasteiger partial charge in [-0.15, -0.1) is 0 Å². The molecular formula is C11H15FN2O. The van der Waals surface area contributed by atoms with Crippen molar-refractivity contribution in [1.82, 2.24) is 10.6 Å². The van der Waals surface area contributed by atoms with Gasteiger partial charge in [0.25, 0.3) is 0 Å². The second kappa shape index (κ2) is 4.59. The monoisotopic (exact) mass is 210 g/mol. The minimum Gasteiger partial charge on any atom is -0.494 e. The van der Waals surface area contributed by atoms with Crippen molar-refractivity contribution in [2.45, 2.75) is 6.04 Å². The highest BCUT2D eigenvalue weighted by molar-refractivity contribution is 5.33. The summed E-state index contributed by atoms with van der Waals surface area (Å²) < 4.78 is 18.8. The lowest BCUT2D eigenvalue weighted by Gasteiger charge is -2.25. The van der Waals surface area contributed by atoms with E-state index in [4.69, 9.17) is 4.74 Å². The first-order valence-electron chi connectivity index (χ1n) is 5.09. The molecule has 2 rings (SSSR count). The van der Waals surface area contributed by atoms with Crippen LogP contribution in [0.25, 0.3) is 0 Å². The Hall–Kier alpha value is -1.13. The highest BCUT2D eigenvalue weighted by Crippen LogP contribution is 2.25. The van der Waals surface area contributed by atoms with Crippen LogP contribution >= 0.6 is 0 Å². The Morgan fingerprint density at radius 1 is 1.40 bits per heavy atom. The smallest absolute Gasteiger partial charge is 0.169 e. The molecule has 0 aromatic heterocycles. The molecule has 15 heavy (non-hydrogen) atoms. The highest BCUT2D eigenvalue weighted by Gasteiger charge is 2.19. The lowest BCUT2D eigenvalue weighted by molar-refractivity contribution is 0.371. The minimum atomic E-state index is -0.263. The van der Waals surface area contributed by atoms with E-state index in [-0.39, 0.29) is 11.9 Å². The van der Waals surface area contributed by atoms with E-state index in [0.717, 1.165) is 19.6 Å². The number of halogens is 1. The van der Waals surface area contributed by atoms with Crippen LogP contribution in [-0.2, 0) is 0 Å². The fraction of sp³-hybridized carbons (Fsp3) is 0.455. The summed E-state index contributed by atoms with van der Waals surface area (Å²) in [6.45, 7) is 2.55. The largest absolute Gasteiger partial charge is 0.494 e. The topological polar surface area (TPSA) is 33.3 Å². The maximum Gasteiger partial charge on any atom is 0.169 e. The predicted molar refractivity (Wildman–Crippen MR) is 56.6 cm³/mol. The van der Waals surface area contributed by atoms with Gasteiger partial charge in [0.2, 0.25) is 0 Å². The molecule has 1 aromatic rings. The van der Waals surface area contributed by atoms with Crippen molar-refractivity contribution >= 4 is 0 Å². The fourth-order valence-electron chi connectivity index (χ4n) is 1.83. The van der Waals surface area contributed by atoms with Crippen LogP contribution in [0.2, 0.25) is 0 Å². The summed E-state index contributed by atoms with van der Waals surface area (Å²) in [5.74, 6) is 0.0427. The Morgan fingerprint density at radius 3 is 2.93 bits per heavy atom. The maximum absolute atomic E-state index is 13.9. The fourth-order valence-corrected chi connectivity index (χ4v) is 1.83. The number of methoxy groups -OCH3 is 1. The summed E-state index contributed by atoms with van der Waals surface area (Å²) in [7, 11) is 1.48. The molecule has 1 saturated heterocycles. The summed E-state index contributed by atoms with van der Waals surface area (Å²) in [4.78, 5) is 0. The molecule has 0 bridgehead atoms. The average molecular weight is 210 g/mol. The number of hydrogen-bond acceptors (Lipinski definition) is 3. The molecule has 3 nitrogen and oxygen atoms in total. The van der Waals surface area contributed by atoms with Crippen molar-refractivity contribution < 1.29 is 9.13 Å². The predicted octanol–water partition coefficient (Wildman–Crippen LogP) is 1.07. The second-order valence-electron chi connectivity index (χ2n) is 3.57. The van der Waals surface area contributed by atoms with Gasteiger partial charge >= 0.3 is 0 Å². The third-order valence-corrected chi connectivity index (χ3v) is 2.63. The molecule has 0 unspecified atom stereocenters. The van der Waals surface area contributed by atoms with E-state index < -0.39 is 0 Å². The Kier molecular flexibility index (Phi) is 3.18. The lowest BCUT2D eigenvalue weighted by Crippen LogP contribution is -2.42. The standard InChI is InChI=1S/C11H15FN2O/c1-15-10-4-2-3-8(11(10)12)9-7-13-5-6-14-9/h2-4,9,13-14H,5-7H2,1H3/t9-/m1/s1. The van der Waals surface area contributed by atoms with Crippen LogP contribution in [0.5, 0.6) is 5.75 Å². The molecule has 1 aliphatic heterocycles. The van der Waals surface area contributed by atoms with Crippen molar-refractivity contribution in [3.8, 4) is 5.75 Å². The molecule has 0 radical (unpaired) electrons. The van der Waals surface area contributed by atoms with E-state index >= 15 is 0 Å². The Morgan fingerprint density at radius 2 is 2.27 bits per heavy atom.